The van der Waals surface area contributed by atoms with Crippen molar-refractivity contribution in [1.82, 2.24) is 25.0 Å². The van der Waals surface area contributed by atoms with E-state index in [1.54, 1.807) is 29.1 Å². The van der Waals surface area contributed by atoms with Gasteiger partial charge in [0.25, 0.3) is 5.56 Å². The highest BCUT2D eigenvalue weighted by Crippen LogP contribution is 2.13. The highest BCUT2D eigenvalue weighted by Gasteiger charge is 2.10. The van der Waals surface area contributed by atoms with E-state index < -0.39 is 0 Å². The lowest BCUT2D eigenvalue weighted by Crippen LogP contribution is -2.20. The van der Waals surface area contributed by atoms with Gasteiger partial charge in [-0.15, -0.1) is 0 Å². The number of aromatic nitrogens is 5. The van der Waals surface area contributed by atoms with Crippen molar-refractivity contribution in [1.29, 1.82) is 0 Å². The quantitative estimate of drug-likeness (QED) is 0.754. The van der Waals surface area contributed by atoms with Gasteiger partial charge in [0.2, 0.25) is 0 Å². The van der Waals surface area contributed by atoms with Gasteiger partial charge in [0.05, 0.1) is 23.6 Å². The molecule has 3 aromatic heterocycles. The Kier molecular flexibility index (Phi) is 4.18. The smallest absolute Gasteiger partial charge is 0.264 e. The average molecular weight is 310 g/mol. The lowest BCUT2D eigenvalue weighted by Gasteiger charge is -2.13. The maximum Gasteiger partial charge on any atom is 0.264 e. The Morgan fingerprint density at radius 3 is 2.83 bits per heavy atom. The third kappa shape index (κ3) is 3.13. The summed E-state index contributed by atoms with van der Waals surface area (Å²) in [6.07, 6.45) is 5.94. The molecule has 0 aliphatic carbocycles. The highest BCUT2D eigenvalue weighted by molar-refractivity contribution is 5.57. The SMILES string of the molecule is CCC(C)Nc1ccc(-n2cccc(-c3cn[nH]n3)c2=O)cn1. The van der Waals surface area contributed by atoms with Crippen LogP contribution in [0.1, 0.15) is 20.3 Å². The fourth-order valence-corrected chi connectivity index (χ4v) is 2.19. The second kappa shape index (κ2) is 6.43. The number of nitrogens with one attached hydrogen (secondary N) is 2. The Balaban J connectivity index is 1.93. The van der Waals surface area contributed by atoms with Crippen molar-refractivity contribution in [3.63, 3.8) is 0 Å². The van der Waals surface area contributed by atoms with Gasteiger partial charge >= 0.3 is 0 Å². The Labute approximate surface area is 133 Å². The van der Waals surface area contributed by atoms with Crippen LogP contribution in [0.15, 0.2) is 47.7 Å². The molecule has 3 rings (SSSR count). The first kappa shape index (κ1) is 15.0. The van der Waals surface area contributed by atoms with E-state index in [2.05, 4.69) is 39.6 Å². The van der Waals surface area contributed by atoms with E-state index in [0.717, 1.165) is 12.2 Å². The summed E-state index contributed by atoms with van der Waals surface area (Å²) < 4.78 is 1.55. The standard InChI is InChI=1S/C16H18N6O/c1-3-11(2)19-15-7-6-12(9-17-15)22-8-4-5-13(16(22)23)14-10-18-21-20-14/h4-11H,3H2,1-2H3,(H,17,19)(H,18,20,21). The first-order valence-corrected chi connectivity index (χ1v) is 7.50. The maximum absolute atomic E-state index is 12.6. The molecule has 0 spiro atoms. The van der Waals surface area contributed by atoms with E-state index in [1.165, 1.54) is 6.20 Å². The predicted octanol–water partition coefficient (Wildman–Crippen LogP) is 2.23. The van der Waals surface area contributed by atoms with E-state index in [1.807, 2.05) is 12.1 Å². The van der Waals surface area contributed by atoms with Gasteiger partial charge in [-0.1, -0.05) is 6.92 Å². The lowest BCUT2D eigenvalue weighted by molar-refractivity contribution is 0.759. The first-order valence-electron chi connectivity index (χ1n) is 7.50. The van der Waals surface area contributed by atoms with Gasteiger partial charge in [0, 0.05) is 12.2 Å². The van der Waals surface area contributed by atoms with Crippen LogP contribution >= 0.6 is 0 Å². The first-order chi connectivity index (χ1) is 11.2. The van der Waals surface area contributed by atoms with Gasteiger partial charge < -0.3 is 5.32 Å². The second-order valence-corrected chi connectivity index (χ2v) is 5.31. The maximum atomic E-state index is 12.6. The van der Waals surface area contributed by atoms with E-state index in [0.29, 0.717) is 23.0 Å². The van der Waals surface area contributed by atoms with Gasteiger partial charge in [-0.05, 0) is 37.6 Å². The van der Waals surface area contributed by atoms with Crippen LogP contribution < -0.4 is 10.9 Å². The summed E-state index contributed by atoms with van der Waals surface area (Å²) in [4.78, 5) is 17.0. The number of hydrogen-bond acceptors (Lipinski definition) is 5. The molecule has 1 unspecified atom stereocenters. The largest absolute Gasteiger partial charge is 0.368 e. The Morgan fingerprint density at radius 1 is 1.30 bits per heavy atom. The van der Waals surface area contributed by atoms with Crippen LogP contribution in [0.25, 0.3) is 16.9 Å². The number of H-pyrrole nitrogens is 1. The molecular formula is C16H18N6O. The average Bonchev–Trinajstić information content (AvgIpc) is 3.10. The predicted molar refractivity (Wildman–Crippen MR) is 88.6 cm³/mol. The van der Waals surface area contributed by atoms with Crippen LogP contribution in [0.4, 0.5) is 5.82 Å². The summed E-state index contributed by atoms with van der Waals surface area (Å²) in [5.74, 6) is 0.795. The van der Waals surface area contributed by atoms with Crippen molar-refractivity contribution in [2.75, 3.05) is 5.32 Å². The normalized spacial score (nSPS) is 12.1. The summed E-state index contributed by atoms with van der Waals surface area (Å²) in [7, 11) is 0. The Hall–Kier alpha value is -2.96. The lowest BCUT2D eigenvalue weighted by atomic mass is 10.2. The molecular weight excluding hydrogens is 292 g/mol. The van der Waals surface area contributed by atoms with Gasteiger partial charge in [0.15, 0.2) is 0 Å². The van der Waals surface area contributed by atoms with Crippen molar-refractivity contribution < 1.29 is 0 Å². The van der Waals surface area contributed by atoms with Gasteiger partial charge in [-0.2, -0.15) is 15.4 Å². The third-order valence-electron chi connectivity index (χ3n) is 3.67. The monoisotopic (exact) mass is 310 g/mol. The highest BCUT2D eigenvalue weighted by atomic mass is 16.1. The summed E-state index contributed by atoms with van der Waals surface area (Å²) in [5, 5.41) is 13.5. The molecule has 0 aliphatic heterocycles. The van der Waals surface area contributed by atoms with Crippen molar-refractivity contribution in [3.05, 3.63) is 53.2 Å². The zero-order valence-electron chi connectivity index (χ0n) is 13.0. The summed E-state index contributed by atoms with van der Waals surface area (Å²) >= 11 is 0. The van der Waals surface area contributed by atoms with E-state index in [-0.39, 0.29) is 5.56 Å². The molecule has 0 saturated carbocycles. The third-order valence-corrected chi connectivity index (χ3v) is 3.67. The molecule has 0 bridgehead atoms. The minimum Gasteiger partial charge on any atom is -0.368 e. The number of anilines is 1. The zero-order valence-corrected chi connectivity index (χ0v) is 13.0. The minimum absolute atomic E-state index is 0.161. The number of hydrogen-bond donors (Lipinski definition) is 2. The molecule has 0 fully saturated rings. The van der Waals surface area contributed by atoms with Gasteiger partial charge in [0.1, 0.15) is 11.5 Å². The van der Waals surface area contributed by atoms with Crippen LogP contribution in [0, 0.1) is 0 Å². The van der Waals surface area contributed by atoms with Gasteiger partial charge in [-0.25, -0.2) is 4.98 Å². The molecule has 7 nitrogen and oxygen atoms in total. The Morgan fingerprint density at radius 2 is 2.17 bits per heavy atom. The van der Waals surface area contributed by atoms with Crippen molar-refractivity contribution in [2.45, 2.75) is 26.3 Å². The molecule has 0 radical (unpaired) electrons. The van der Waals surface area contributed by atoms with Crippen LogP contribution in [0.2, 0.25) is 0 Å². The van der Waals surface area contributed by atoms with Crippen molar-refractivity contribution in [2.24, 2.45) is 0 Å². The molecule has 2 N–H and O–H groups in total. The number of pyridine rings is 2. The van der Waals surface area contributed by atoms with Crippen LogP contribution in [-0.4, -0.2) is 31.0 Å². The Bertz CT molecular complexity index is 823. The minimum atomic E-state index is -0.161. The fraction of sp³-hybridized carbons (Fsp3) is 0.250. The van der Waals surface area contributed by atoms with Gasteiger partial charge in [-0.3, -0.25) is 9.36 Å². The van der Waals surface area contributed by atoms with Crippen molar-refractivity contribution >= 4 is 5.82 Å². The summed E-state index contributed by atoms with van der Waals surface area (Å²) in [6.45, 7) is 4.21. The molecule has 0 amide bonds. The molecule has 7 heteroatoms. The van der Waals surface area contributed by atoms with Crippen LogP contribution in [-0.2, 0) is 0 Å². The van der Waals surface area contributed by atoms with Crippen LogP contribution in [0.3, 0.4) is 0 Å². The molecule has 3 aromatic rings. The number of rotatable bonds is 5. The molecule has 118 valence electrons. The number of nitrogens with zero attached hydrogens (tertiary/aromatic N) is 4. The summed E-state index contributed by atoms with van der Waals surface area (Å²) in [6, 6.07) is 7.62. The molecule has 23 heavy (non-hydrogen) atoms. The second-order valence-electron chi connectivity index (χ2n) is 5.31. The topological polar surface area (TPSA) is 88.5 Å². The molecule has 0 saturated heterocycles. The molecule has 3 heterocycles. The molecule has 1 atom stereocenters. The van der Waals surface area contributed by atoms with E-state index >= 15 is 0 Å². The molecule has 0 aromatic carbocycles. The number of aromatic amines is 1. The van der Waals surface area contributed by atoms with Crippen LogP contribution in [0.5, 0.6) is 0 Å². The van der Waals surface area contributed by atoms with Crippen molar-refractivity contribution in [3.8, 4) is 16.9 Å². The van der Waals surface area contributed by atoms with E-state index in [4.69, 9.17) is 0 Å². The molecule has 0 aliphatic rings. The zero-order chi connectivity index (χ0) is 16.2. The van der Waals surface area contributed by atoms with E-state index in [9.17, 15) is 4.79 Å². The summed E-state index contributed by atoms with van der Waals surface area (Å²) in [5.41, 5.74) is 1.55. The fourth-order valence-electron chi connectivity index (χ4n) is 2.19.